The molecule has 0 fully saturated rings. The Balaban J connectivity index is 2.65. The molecule has 2 unspecified atom stereocenters. The Morgan fingerprint density at radius 1 is 1.41 bits per heavy atom. The molecule has 0 saturated carbocycles. The molecule has 1 aromatic carbocycles. The van der Waals surface area contributed by atoms with Crippen molar-refractivity contribution in [2.24, 2.45) is 0 Å². The zero-order valence-electron chi connectivity index (χ0n) is 10.6. The van der Waals surface area contributed by atoms with E-state index in [1.54, 1.807) is 7.11 Å². The molecule has 0 aliphatic carbocycles. The molecule has 0 heterocycles. The molecule has 1 rings (SSSR count). The second-order valence-corrected chi connectivity index (χ2v) is 4.26. The van der Waals surface area contributed by atoms with Crippen LogP contribution >= 0.6 is 0 Å². The van der Waals surface area contributed by atoms with E-state index in [4.69, 9.17) is 9.84 Å². The third kappa shape index (κ3) is 4.00. The number of rotatable bonds is 6. The molecule has 0 bridgehead atoms. The monoisotopic (exact) mass is 239 g/mol. The van der Waals surface area contributed by atoms with Crippen molar-refractivity contribution in [3.63, 3.8) is 0 Å². The predicted molar refractivity (Wildman–Crippen MR) is 67.1 cm³/mol. The molecule has 0 aromatic heterocycles. The van der Waals surface area contributed by atoms with Crippen LogP contribution in [0.1, 0.15) is 18.6 Å². The van der Waals surface area contributed by atoms with E-state index in [-0.39, 0.29) is 12.6 Å². The molecule has 1 aromatic rings. The second kappa shape index (κ2) is 6.59. The number of nitrogens with zero attached hydrogens (tertiary/aromatic N) is 1. The smallest absolute Gasteiger partial charge is 0.119 e. The van der Waals surface area contributed by atoms with Gasteiger partial charge in [-0.05, 0) is 31.7 Å². The predicted octanol–water partition coefficient (Wildman–Crippen LogP) is 1.04. The number of ether oxygens (including phenoxy) is 1. The fraction of sp³-hybridized carbons (Fsp3) is 0.538. The molecule has 0 spiro atoms. The maximum Gasteiger partial charge on any atom is 0.119 e. The van der Waals surface area contributed by atoms with Crippen molar-refractivity contribution in [2.75, 3.05) is 27.3 Å². The Morgan fingerprint density at radius 3 is 2.71 bits per heavy atom. The molecule has 96 valence electrons. The number of aliphatic hydroxyl groups is 2. The Hall–Kier alpha value is -1.10. The molecule has 0 aliphatic rings. The summed E-state index contributed by atoms with van der Waals surface area (Å²) in [4.78, 5) is 1.92. The van der Waals surface area contributed by atoms with Gasteiger partial charge in [0.2, 0.25) is 0 Å². The van der Waals surface area contributed by atoms with Crippen molar-refractivity contribution in [3.8, 4) is 5.75 Å². The summed E-state index contributed by atoms with van der Waals surface area (Å²) in [7, 11) is 3.48. The van der Waals surface area contributed by atoms with Crippen LogP contribution in [0.25, 0.3) is 0 Å². The zero-order valence-corrected chi connectivity index (χ0v) is 10.6. The van der Waals surface area contributed by atoms with Gasteiger partial charge in [-0.15, -0.1) is 0 Å². The summed E-state index contributed by atoms with van der Waals surface area (Å²) in [5, 5.41) is 19.1. The normalized spacial score (nSPS) is 14.7. The minimum atomic E-state index is -0.580. The number of hydrogen-bond donors (Lipinski definition) is 2. The summed E-state index contributed by atoms with van der Waals surface area (Å²) in [6.45, 7) is 2.48. The molecule has 2 N–H and O–H groups in total. The summed E-state index contributed by atoms with van der Waals surface area (Å²) < 4.78 is 5.11. The lowest BCUT2D eigenvalue weighted by Crippen LogP contribution is -2.35. The van der Waals surface area contributed by atoms with Gasteiger partial charge in [0.05, 0.1) is 19.8 Å². The summed E-state index contributed by atoms with van der Waals surface area (Å²) >= 11 is 0. The third-order valence-electron chi connectivity index (χ3n) is 2.96. The van der Waals surface area contributed by atoms with Crippen LogP contribution in [0.5, 0.6) is 5.75 Å². The summed E-state index contributed by atoms with van der Waals surface area (Å²) in [6, 6.07) is 7.42. The number of aliphatic hydroxyl groups excluding tert-OH is 2. The summed E-state index contributed by atoms with van der Waals surface area (Å²) in [5.74, 6) is 0.736. The highest BCUT2D eigenvalue weighted by Gasteiger charge is 2.14. The van der Waals surface area contributed by atoms with E-state index in [1.165, 1.54) is 0 Å². The highest BCUT2D eigenvalue weighted by atomic mass is 16.5. The van der Waals surface area contributed by atoms with E-state index in [1.807, 2.05) is 43.1 Å². The first-order valence-corrected chi connectivity index (χ1v) is 5.71. The first-order valence-electron chi connectivity index (χ1n) is 5.71. The van der Waals surface area contributed by atoms with Crippen LogP contribution < -0.4 is 4.74 Å². The molecule has 4 nitrogen and oxygen atoms in total. The van der Waals surface area contributed by atoms with Gasteiger partial charge in [-0.3, -0.25) is 4.90 Å². The van der Waals surface area contributed by atoms with E-state index in [0.29, 0.717) is 6.54 Å². The van der Waals surface area contributed by atoms with E-state index >= 15 is 0 Å². The number of methoxy groups -OCH3 is 1. The van der Waals surface area contributed by atoms with Gasteiger partial charge in [0.15, 0.2) is 0 Å². The van der Waals surface area contributed by atoms with Crippen LogP contribution in [0, 0.1) is 0 Å². The van der Waals surface area contributed by atoms with Crippen molar-refractivity contribution in [2.45, 2.75) is 19.1 Å². The Kier molecular flexibility index (Phi) is 5.41. The molecule has 4 heteroatoms. The lowest BCUT2D eigenvalue weighted by Gasteiger charge is -2.25. The van der Waals surface area contributed by atoms with Crippen molar-refractivity contribution in [3.05, 3.63) is 29.8 Å². The van der Waals surface area contributed by atoms with Crippen LogP contribution in [-0.2, 0) is 0 Å². The van der Waals surface area contributed by atoms with Crippen molar-refractivity contribution in [1.29, 1.82) is 0 Å². The zero-order chi connectivity index (χ0) is 12.8. The van der Waals surface area contributed by atoms with E-state index in [9.17, 15) is 5.11 Å². The van der Waals surface area contributed by atoms with Gasteiger partial charge in [0.25, 0.3) is 0 Å². The van der Waals surface area contributed by atoms with Crippen LogP contribution in [0.15, 0.2) is 24.3 Å². The van der Waals surface area contributed by atoms with Crippen molar-refractivity contribution >= 4 is 0 Å². The molecule has 0 saturated heterocycles. The molecule has 0 amide bonds. The Labute approximate surface area is 102 Å². The topological polar surface area (TPSA) is 52.9 Å². The lowest BCUT2D eigenvalue weighted by atomic mass is 10.1. The van der Waals surface area contributed by atoms with Crippen LogP contribution in [0.2, 0.25) is 0 Å². The summed E-state index contributed by atoms with van der Waals surface area (Å²) in [5.41, 5.74) is 0.821. The Morgan fingerprint density at radius 2 is 2.12 bits per heavy atom. The van der Waals surface area contributed by atoms with Gasteiger partial charge in [-0.1, -0.05) is 12.1 Å². The average Bonchev–Trinajstić information content (AvgIpc) is 2.37. The minimum absolute atomic E-state index is 0.0373. The molecule has 17 heavy (non-hydrogen) atoms. The first kappa shape index (κ1) is 14.0. The largest absolute Gasteiger partial charge is 0.497 e. The van der Waals surface area contributed by atoms with Gasteiger partial charge in [-0.25, -0.2) is 0 Å². The highest BCUT2D eigenvalue weighted by molar-refractivity contribution is 5.29. The van der Waals surface area contributed by atoms with Gasteiger partial charge in [0, 0.05) is 12.6 Å². The Bertz CT molecular complexity index is 343. The lowest BCUT2D eigenvalue weighted by molar-refractivity contribution is 0.0861. The second-order valence-electron chi connectivity index (χ2n) is 4.26. The SMILES string of the molecule is COc1cccc(C(O)CN(C)C(C)CO)c1. The molecule has 2 atom stereocenters. The van der Waals surface area contributed by atoms with Gasteiger partial charge < -0.3 is 14.9 Å². The maximum atomic E-state index is 10.1. The number of benzene rings is 1. The molecular weight excluding hydrogens is 218 g/mol. The minimum Gasteiger partial charge on any atom is -0.497 e. The van der Waals surface area contributed by atoms with Gasteiger partial charge >= 0.3 is 0 Å². The van der Waals surface area contributed by atoms with Gasteiger partial charge in [0.1, 0.15) is 5.75 Å². The van der Waals surface area contributed by atoms with Crippen LogP contribution in [0.3, 0.4) is 0 Å². The van der Waals surface area contributed by atoms with Crippen LogP contribution in [-0.4, -0.2) is 48.5 Å². The third-order valence-corrected chi connectivity index (χ3v) is 2.96. The molecular formula is C13H21NO3. The number of likely N-dealkylation sites (N-methyl/N-ethyl adjacent to an activating group) is 1. The molecule has 0 radical (unpaired) electrons. The van der Waals surface area contributed by atoms with Crippen LogP contribution in [0.4, 0.5) is 0 Å². The van der Waals surface area contributed by atoms with E-state index in [0.717, 1.165) is 11.3 Å². The standard InChI is InChI=1S/C13H21NO3/c1-10(9-15)14(2)8-13(16)11-5-4-6-12(7-11)17-3/h4-7,10,13,15-16H,8-9H2,1-3H3. The highest BCUT2D eigenvalue weighted by Crippen LogP contribution is 2.20. The fourth-order valence-corrected chi connectivity index (χ4v) is 1.55. The van der Waals surface area contributed by atoms with Crippen molar-refractivity contribution in [1.82, 2.24) is 4.90 Å². The first-order chi connectivity index (χ1) is 8.08. The number of hydrogen-bond acceptors (Lipinski definition) is 4. The van der Waals surface area contributed by atoms with Crippen molar-refractivity contribution < 1.29 is 14.9 Å². The van der Waals surface area contributed by atoms with E-state index in [2.05, 4.69) is 0 Å². The molecule has 0 aliphatic heterocycles. The average molecular weight is 239 g/mol. The maximum absolute atomic E-state index is 10.1. The van der Waals surface area contributed by atoms with E-state index < -0.39 is 6.10 Å². The fourth-order valence-electron chi connectivity index (χ4n) is 1.55. The quantitative estimate of drug-likeness (QED) is 0.779. The van der Waals surface area contributed by atoms with Gasteiger partial charge in [-0.2, -0.15) is 0 Å². The summed E-state index contributed by atoms with van der Waals surface area (Å²) in [6.07, 6.45) is -0.580.